The molecular formula is C19H20N2O4S2. The van der Waals surface area contributed by atoms with Gasteiger partial charge in [0.2, 0.25) is 5.09 Å². The van der Waals surface area contributed by atoms with Gasteiger partial charge in [-0.25, -0.2) is 8.42 Å². The zero-order chi connectivity index (χ0) is 19.4. The molecule has 1 aromatic heterocycles. The van der Waals surface area contributed by atoms with E-state index in [1.54, 1.807) is 30.3 Å². The second-order valence-electron chi connectivity index (χ2n) is 5.99. The summed E-state index contributed by atoms with van der Waals surface area (Å²) in [5, 5.41) is 3.83. The summed E-state index contributed by atoms with van der Waals surface area (Å²) in [6, 6.07) is 17.0. The monoisotopic (exact) mass is 404 g/mol. The zero-order valence-corrected chi connectivity index (χ0v) is 16.6. The summed E-state index contributed by atoms with van der Waals surface area (Å²) in [4.78, 5) is 0.102. The lowest BCUT2D eigenvalue weighted by molar-refractivity contribution is 0.347. The SMILES string of the molecule is CCC(C)S(=O)c1onc(-c2ccccc2)c1NS(=O)(=O)c1ccccc1. The van der Waals surface area contributed by atoms with E-state index in [4.69, 9.17) is 4.52 Å². The van der Waals surface area contributed by atoms with Gasteiger partial charge in [-0.05, 0) is 18.6 Å². The third-order valence-electron chi connectivity index (χ3n) is 4.12. The maximum atomic E-state index is 12.8. The molecule has 3 rings (SSSR count). The van der Waals surface area contributed by atoms with E-state index >= 15 is 0 Å². The number of rotatable bonds is 7. The van der Waals surface area contributed by atoms with E-state index in [1.165, 1.54) is 12.1 Å². The fourth-order valence-corrected chi connectivity index (χ4v) is 4.71. The molecule has 0 spiro atoms. The maximum Gasteiger partial charge on any atom is 0.262 e. The minimum Gasteiger partial charge on any atom is -0.344 e. The molecule has 2 unspecified atom stereocenters. The first-order valence-electron chi connectivity index (χ1n) is 8.47. The number of nitrogens with zero attached hydrogens (tertiary/aromatic N) is 1. The van der Waals surface area contributed by atoms with Crippen molar-refractivity contribution in [2.75, 3.05) is 4.72 Å². The number of sulfonamides is 1. The molecule has 0 bridgehead atoms. The van der Waals surface area contributed by atoms with Crippen LogP contribution in [0.2, 0.25) is 0 Å². The molecular weight excluding hydrogens is 384 g/mol. The highest BCUT2D eigenvalue weighted by Crippen LogP contribution is 2.35. The Morgan fingerprint density at radius 2 is 1.67 bits per heavy atom. The average molecular weight is 405 g/mol. The van der Waals surface area contributed by atoms with Crippen molar-refractivity contribution in [3.63, 3.8) is 0 Å². The first kappa shape index (κ1) is 19.3. The van der Waals surface area contributed by atoms with Gasteiger partial charge in [-0.1, -0.05) is 67.5 Å². The fraction of sp³-hybridized carbons (Fsp3) is 0.211. The van der Waals surface area contributed by atoms with Crippen LogP contribution < -0.4 is 4.72 Å². The molecule has 0 aliphatic rings. The number of anilines is 1. The van der Waals surface area contributed by atoms with Crippen molar-refractivity contribution in [2.45, 2.75) is 35.5 Å². The van der Waals surface area contributed by atoms with Gasteiger partial charge in [-0.15, -0.1) is 0 Å². The number of hydrogen-bond donors (Lipinski definition) is 1. The van der Waals surface area contributed by atoms with Gasteiger partial charge < -0.3 is 4.52 Å². The molecule has 0 fully saturated rings. The van der Waals surface area contributed by atoms with E-state index in [9.17, 15) is 12.6 Å². The first-order chi connectivity index (χ1) is 12.9. The van der Waals surface area contributed by atoms with Crippen LogP contribution in [-0.4, -0.2) is 23.0 Å². The van der Waals surface area contributed by atoms with Crippen molar-refractivity contribution in [1.82, 2.24) is 5.16 Å². The van der Waals surface area contributed by atoms with E-state index in [1.807, 2.05) is 32.0 Å². The molecule has 6 nitrogen and oxygen atoms in total. The Kier molecular flexibility index (Phi) is 5.76. The van der Waals surface area contributed by atoms with Crippen molar-refractivity contribution in [3.8, 4) is 11.3 Å². The van der Waals surface area contributed by atoms with Crippen LogP contribution in [0, 0.1) is 0 Å². The van der Waals surface area contributed by atoms with Gasteiger partial charge in [0.1, 0.15) is 11.4 Å². The molecule has 0 radical (unpaired) electrons. The second-order valence-corrected chi connectivity index (χ2v) is 9.45. The molecule has 0 saturated heterocycles. The Hall–Kier alpha value is -2.45. The Labute approximate surface area is 161 Å². The Bertz CT molecular complexity index is 1030. The molecule has 8 heteroatoms. The van der Waals surface area contributed by atoms with Crippen LogP contribution in [0.25, 0.3) is 11.3 Å². The molecule has 1 heterocycles. The van der Waals surface area contributed by atoms with Crippen LogP contribution in [0.3, 0.4) is 0 Å². The molecule has 2 aromatic carbocycles. The third kappa shape index (κ3) is 4.12. The summed E-state index contributed by atoms with van der Waals surface area (Å²) in [6.45, 7) is 3.72. The lowest BCUT2D eigenvalue weighted by Crippen LogP contribution is -2.16. The first-order valence-corrected chi connectivity index (χ1v) is 11.2. The third-order valence-corrected chi connectivity index (χ3v) is 7.19. The van der Waals surface area contributed by atoms with Crippen LogP contribution >= 0.6 is 0 Å². The van der Waals surface area contributed by atoms with Gasteiger partial charge in [0.15, 0.2) is 0 Å². The van der Waals surface area contributed by atoms with E-state index in [2.05, 4.69) is 9.88 Å². The predicted octanol–water partition coefficient (Wildman–Crippen LogP) is 4.05. The molecule has 3 aromatic rings. The van der Waals surface area contributed by atoms with E-state index in [0.29, 0.717) is 17.7 Å². The summed E-state index contributed by atoms with van der Waals surface area (Å²) in [5.74, 6) is 0. The minimum absolute atomic E-state index is 0.0303. The van der Waals surface area contributed by atoms with Crippen molar-refractivity contribution in [3.05, 3.63) is 60.7 Å². The summed E-state index contributed by atoms with van der Waals surface area (Å²) >= 11 is 0. The van der Waals surface area contributed by atoms with Crippen LogP contribution in [-0.2, 0) is 20.8 Å². The van der Waals surface area contributed by atoms with E-state index in [-0.39, 0.29) is 20.9 Å². The Balaban J connectivity index is 2.11. The number of hydrogen-bond acceptors (Lipinski definition) is 5. The van der Waals surface area contributed by atoms with Gasteiger partial charge in [0.25, 0.3) is 10.0 Å². The van der Waals surface area contributed by atoms with Crippen LogP contribution in [0.4, 0.5) is 5.69 Å². The lowest BCUT2D eigenvalue weighted by Gasteiger charge is -2.11. The average Bonchev–Trinajstić information content (AvgIpc) is 3.10. The topological polar surface area (TPSA) is 89.3 Å². The normalized spacial score (nSPS) is 13.9. The Morgan fingerprint density at radius 1 is 1.07 bits per heavy atom. The van der Waals surface area contributed by atoms with Gasteiger partial charge in [0.05, 0.1) is 15.7 Å². The van der Waals surface area contributed by atoms with E-state index < -0.39 is 20.8 Å². The minimum atomic E-state index is -3.89. The van der Waals surface area contributed by atoms with Crippen LogP contribution in [0.5, 0.6) is 0 Å². The number of benzene rings is 2. The highest BCUT2D eigenvalue weighted by atomic mass is 32.2. The smallest absolute Gasteiger partial charge is 0.262 e. The van der Waals surface area contributed by atoms with Gasteiger partial charge in [-0.2, -0.15) is 0 Å². The Morgan fingerprint density at radius 3 is 2.26 bits per heavy atom. The molecule has 0 aliphatic heterocycles. The standard InChI is InChI=1S/C19H20N2O4S2/c1-3-14(2)26(22)19-18(17(20-25-19)15-10-6-4-7-11-15)21-27(23,24)16-12-8-5-9-13-16/h4-14,21H,3H2,1-2H3. The van der Waals surface area contributed by atoms with E-state index in [0.717, 1.165) is 0 Å². The second kappa shape index (κ2) is 8.06. The summed E-state index contributed by atoms with van der Waals surface area (Å²) < 4.78 is 46.3. The van der Waals surface area contributed by atoms with Gasteiger partial charge in [-0.3, -0.25) is 8.93 Å². The highest BCUT2D eigenvalue weighted by molar-refractivity contribution is 7.93. The largest absolute Gasteiger partial charge is 0.344 e. The molecule has 2 atom stereocenters. The highest BCUT2D eigenvalue weighted by Gasteiger charge is 2.28. The van der Waals surface area contributed by atoms with Crippen molar-refractivity contribution >= 4 is 26.5 Å². The molecule has 0 amide bonds. The lowest BCUT2D eigenvalue weighted by atomic mass is 10.1. The van der Waals surface area contributed by atoms with Crippen LogP contribution in [0.1, 0.15) is 20.3 Å². The van der Waals surface area contributed by atoms with Crippen molar-refractivity contribution < 1.29 is 17.1 Å². The zero-order valence-electron chi connectivity index (χ0n) is 15.0. The van der Waals surface area contributed by atoms with Gasteiger partial charge >= 0.3 is 0 Å². The molecule has 0 aliphatic carbocycles. The summed E-state index contributed by atoms with van der Waals surface area (Å²) in [6.07, 6.45) is 0.652. The predicted molar refractivity (Wildman–Crippen MR) is 105 cm³/mol. The number of nitrogens with one attached hydrogen (secondary N) is 1. The van der Waals surface area contributed by atoms with Crippen LogP contribution in [0.15, 0.2) is 75.2 Å². The molecule has 1 N–H and O–H groups in total. The fourth-order valence-electron chi connectivity index (χ4n) is 2.42. The summed E-state index contributed by atoms with van der Waals surface area (Å²) in [5.41, 5.74) is 1.09. The molecule has 142 valence electrons. The number of aromatic nitrogens is 1. The molecule has 0 saturated carbocycles. The van der Waals surface area contributed by atoms with Crippen molar-refractivity contribution in [2.24, 2.45) is 0 Å². The maximum absolute atomic E-state index is 12.8. The molecule has 27 heavy (non-hydrogen) atoms. The van der Waals surface area contributed by atoms with Gasteiger partial charge in [0, 0.05) is 10.8 Å². The summed E-state index contributed by atoms with van der Waals surface area (Å²) in [7, 11) is -5.43. The quantitative estimate of drug-likeness (QED) is 0.642. The van der Waals surface area contributed by atoms with Crippen molar-refractivity contribution in [1.29, 1.82) is 0 Å².